The fourth-order valence-corrected chi connectivity index (χ4v) is 4.86. The van der Waals surface area contributed by atoms with Crippen molar-refractivity contribution in [3.05, 3.63) is 92.4 Å². The summed E-state index contributed by atoms with van der Waals surface area (Å²) in [5.74, 6) is -0.540. The first-order chi connectivity index (χ1) is 15.6. The second-order valence-corrected chi connectivity index (χ2v) is 10.5. The zero-order chi connectivity index (χ0) is 24.0. The normalized spacial score (nSPS) is 11.8. The number of hydrogen-bond acceptors (Lipinski definition) is 5. The molecule has 3 aromatic rings. The fraction of sp³-hybridized carbons (Fsp3) is 0.0909. The number of benzene rings is 3. The van der Waals surface area contributed by atoms with Gasteiger partial charge in [-0.25, -0.2) is 13.8 Å². The first kappa shape index (κ1) is 25.2. The number of hydrogen-bond donors (Lipinski definition) is 2. The summed E-state index contributed by atoms with van der Waals surface area (Å²) < 4.78 is 28.3. The average molecular weight is 571 g/mol. The highest BCUT2D eigenvalue weighted by Crippen LogP contribution is 2.25. The molecule has 0 unspecified atom stereocenters. The molecule has 0 bridgehead atoms. The van der Waals surface area contributed by atoms with Gasteiger partial charge < -0.3 is 5.11 Å². The van der Waals surface area contributed by atoms with Gasteiger partial charge in [0.15, 0.2) is 0 Å². The summed E-state index contributed by atoms with van der Waals surface area (Å²) >= 11 is 15.5. The quantitative estimate of drug-likeness (QED) is 0.300. The molecule has 172 valence electrons. The Kier molecular flexibility index (Phi) is 8.50. The van der Waals surface area contributed by atoms with Crippen LogP contribution in [0.3, 0.4) is 0 Å². The minimum Gasteiger partial charge on any atom is -0.508 e. The molecule has 0 aliphatic heterocycles. The topological polar surface area (TPSA) is 99.1 Å². The lowest BCUT2D eigenvalue weighted by Gasteiger charge is -2.22. The summed E-state index contributed by atoms with van der Waals surface area (Å²) in [7, 11) is -4.04. The number of aromatic hydroxyl groups is 1. The van der Waals surface area contributed by atoms with Crippen LogP contribution in [0.5, 0.6) is 5.75 Å². The maximum Gasteiger partial charge on any atom is 0.255 e. The SMILES string of the molecule is O=C(CN(Cc1ccc(Cl)cc1Cl)S(=O)(=O)c1ccc(Br)cc1)N/N=C/c1ccc(O)cc1. The lowest BCUT2D eigenvalue weighted by molar-refractivity contribution is -0.121. The van der Waals surface area contributed by atoms with Gasteiger partial charge in [0.2, 0.25) is 10.0 Å². The van der Waals surface area contributed by atoms with Crippen molar-refractivity contribution < 1.29 is 18.3 Å². The van der Waals surface area contributed by atoms with Crippen molar-refractivity contribution in [1.29, 1.82) is 0 Å². The highest BCUT2D eigenvalue weighted by Gasteiger charge is 2.27. The number of rotatable bonds is 8. The molecular formula is C22H18BrCl2N3O4S. The van der Waals surface area contributed by atoms with E-state index >= 15 is 0 Å². The average Bonchev–Trinajstić information content (AvgIpc) is 2.76. The van der Waals surface area contributed by atoms with E-state index < -0.39 is 22.5 Å². The highest BCUT2D eigenvalue weighted by molar-refractivity contribution is 9.10. The van der Waals surface area contributed by atoms with E-state index in [1.54, 1.807) is 36.4 Å². The lowest BCUT2D eigenvalue weighted by atomic mass is 10.2. The molecule has 11 heteroatoms. The van der Waals surface area contributed by atoms with Crippen molar-refractivity contribution in [2.24, 2.45) is 5.10 Å². The predicted molar refractivity (Wildman–Crippen MR) is 132 cm³/mol. The van der Waals surface area contributed by atoms with Crippen molar-refractivity contribution in [3.63, 3.8) is 0 Å². The monoisotopic (exact) mass is 569 g/mol. The van der Waals surface area contributed by atoms with Crippen LogP contribution in [0.1, 0.15) is 11.1 Å². The largest absolute Gasteiger partial charge is 0.508 e. The van der Waals surface area contributed by atoms with Gasteiger partial charge in [-0.1, -0.05) is 45.2 Å². The molecule has 0 fully saturated rings. The Balaban J connectivity index is 1.82. The number of hydrazone groups is 1. The van der Waals surface area contributed by atoms with Gasteiger partial charge >= 0.3 is 0 Å². The first-order valence-electron chi connectivity index (χ1n) is 9.46. The first-order valence-corrected chi connectivity index (χ1v) is 12.4. The van der Waals surface area contributed by atoms with Crippen molar-refractivity contribution in [2.45, 2.75) is 11.4 Å². The molecule has 0 saturated carbocycles. The van der Waals surface area contributed by atoms with E-state index in [0.717, 1.165) is 8.78 Å². The van der Waals surface area contributed by atoms with Crippen LogP contribution in [-0.4, -0.2) is 36.5 Å². The molecule has 0 aliphatic carbocycles. The van der Waals surface area contributed by atoms with Gasteiger partial charge in [0.1, 0.15) is 5.75 Å². The minimum atomic E-state index is -4.04. The fourth-order valence-electron chi connectivity index (χ4n) is 2.76. The van der Waals surface area contributed by atoms with Gasteiger partial charge in [-0.05, 0) is 71.8 Å². The van der Waals surface area contributed by atoms with Gasteiger partial charge in [-0.3, -0.25) is 4.79 Å². The molecule has 0 radical (unpaired) electrons. The van der Waals surface area contributed by atoms with E-state index in [2.05, 4.69) is 26.5 Å². The number of nitrogens with zero attached hydrogens (tertiary/aromatic N) is 2. The molecule has 2 N–H and O–H groups in total. The molecule has 3 aromatic carbocycles. The zero-order valence-corrected chi connectivity index (χ0v) is 20.9. The van der Waals surface area contributed by atoms with E-state index in [-0.39, 0.29) is 22.2 Å². The molecule has 7 nitrogen and oxygen atoms in total. The highest BCUT2D eigenvalue weighted by atomic mass is 79.9. The number of phenolic OH excluding ortho intramolecular Hbond substituents is 1. The lowest BCUT2D eigenvalue weighted by Crippen LogP contribution is -2.39. The summed E-state index contributed by atoms with van der Waals surface area (Å²) in [6.45, 7) is -0.645. The summed E-state index contributed by atoms with van der Waals surface area (Å²) in [5, 5.41) is 13.9. The molecule has 0 saturated heterocycles. The van der Waals surface area contributed by atoms with Gasteiger partial charge in [0, 0.05) is 21.1 Å². The van der Waals surface area contributed by atoms with Gasteiger partial charge in [0.05, 0.1) is 17.7 Å². The van der Waals surface area contributed by atoms with Crippen LogP contribution in [0.15, 0.2) is 81.2 Å². The minimum absolute atomic E-state index is 0.0242. The Morgan fingerprint density at radius 1 is 1.06 bits per heavy atom. The van der Waals surface area contributed by atoms with E-state index in [1.165, 1.54) is 36.5 Å². The maximum absolute atomic E-state index is 13.3. The standard InChI is InChI=1S/C22H18BrCl2N3O4S/c23-17-4-9-20(10-5-17)33(31,32)28(13-16-3-6-18(24)11-21(16)25)14-22(30)27-26-12-15-1-7-19(29)8-2-15/h1-12,29H,13-14H2,(H,27,30)/b26-12+. The molecule has 0 spiro atoms. The van der Waals surface area contributed by atoms with E-state index in [1.807, 2.05) is 0 Å². The summed E-state index contributed by atoms with van der Waals surface area (Å²) in [4.78, 5) is 12.6. The van der Waals surface area contributed by atoms with Crippen molar-refractivity contribution in [2.75, 3.05) is 6.54 Å². The smallest absolute Gasteiger partial charge is 0.255 e. The third-order valence-electron chi connectivity index (χ3n) is 4.43. The zero-order valence-electron chi connectivity index (χ0n) is 17.0. The summed E-state index contributed by atoms with van der Waals surface area (Å²) in [6.07, 6.45) is 1.38. The van der Waals surface area contributed by atoms with Crippen molar-refractivity contribution >= 4 is 61.3 Å². The number of sulfonamides is 1. The number of amides is 1. The van der Waals surface area contributed by atoms with Crippen LogP contribution in [0.4, 0.5) is 0 Å². The molecule has 1 amide bonds. The number of halogens is 3. The molecule has 33 heavy (non-hydrogen) atoms. The van der Waals surface area contributed by atoms with E-state index in [0.29, 0.717) is 16.1 Å². The Bertz CT molecular complexity index is 1270. The van der Waals surface area contributed by atoms with Crippen LogP contribution in [0.25, 0.3) is 0 Å². The van der Waals surface area contributed by atoms with E-state index in [9.17, 15) is 18.3 Å². The molecule has 0 aliphatic rings. The van der Waals surface area contributed by atoms with Crippen LogP contribution in [0.2, 0.25) is 10.0 Å². The molecule has 0 aromatic heterocycles. The Labute approximate surface area is 209 Å². The Hall–Kier alpha value is -2.43. The number of carbonyl (C=O) groups excluding carboxylic acids is 1. The van der Waals surface area contributed by atoms with Crippen molar-refractivity contribution in [3.8, 4) is 5.75 Å². The number of carbonyl (C=O) groups is 1. The third-order valence-corrected chi connectivity index (χ3v) is 7.35. The van der Waals surface area contributed by atoms with Crippen LogP contribution in [0, 0.1) is 0 Å². The van der Waals surface area contributed by atoms with Crippen LogP contribution >= 0.6 is 39.1 Å². The molecule has 0 heterocycles. The molecule has 3 rings (SSSR count). The molecular weight excluding hydrogens is 553 g/mol. The maximum atomic E-state index is 13.3. The Morgan fingerprint density at radius 2 is 1.73 bits per heavy atom. The second kappa shape index (κ2) is 11.1. The number of phenols is 1. The van der Waals surface area contributed by atoms with Crippen LogP contribution in [-0.2, 0) is 21.4 Å². The third kappa shape index (κ3) is 7.02. The second-order valence-electron chi connectivity index (χ2n) is 6.85. The van der Waals surface area contributed by atoms with Gasteiger partial charge in [-0.2, -0.15) is 9.41 Å². The van der Waals surface area contributed by atoms with Crippen LogP contribution < -0.4 is 5.43 Å². The summed E-state index contributed by atoms with van der Waals surface area (Å²) in [5.41, 5.74) is 3.45. The predicted octanol–water partition coefficient (Wildman–Crippen LogP) is 4.80. The Morgan fingerprint density at radius 3 is 2.36 bits per heavy atom. The number of nitrogens with one attached hydrogen (secondary N) is 1. The van der Waals surface area contributed by atoms with E-state index in [4.69, 9.17) is 23.2 Å². The van der Waals surface area contributed by atoms with Gasteiger partial charge in [-0.15, -0.1) is 0 Å². The van der Waals surface area contributed by atoms with Crippen molar-refractivity contribution in [1.82, 2.24) is 9.73 Å². The molecule has 0 atom stereocenters. The van der Waals surface area contributed by atoms with Gasteiger partial charge in [0.25, 0.3) is 5.91 Å². The summed E-state index contributed by atoms with van der Waals surface area (Å²) in [6, 6.07) is 17.0.